The number of hydrogen-bond donors (Lipinski definition) is 1. The van der Waals surface area contributed by atoms with Crippen molar-refractivity contribution in [1.82, 2.24) is 30.0 Å². The molecule has 1 unspecified atom stereocenters. The van der Waals surface area contributed by atoms with Gasteiger partial charge in [-0.3, -0.25) is 9.78 Å². The summed E-state index contributed by atoms with van der Waals surface area (Å²) in [5.41, 5.74) is 1.09. The van der Waals surface area contributed by atoms with Crippen LogP contribution in [0, 0.1) is 0 Å². The second-order valence-corrected chi connectivity index (χ2v) is 7.53. The Morgan fingerprint density at radius 1 is 1.08 bits per heavy atom. The predicted molar refractivity (Wildman–Crippen MR) is 122 cm³/mol. The Balaban J connectivity index is 1.70. The van der Waals surface area contributed by atoms with E-state index in [-0.39, 0.29) is 29.4 Å². The van der Waals surface area contributed by atoms with Crippen molar-refractivity contribution in [1.29, 1.82) is 0 Å². The number of para-hydroxylation sites is 1. The zero-order valence-electron chi connectivity index (χ0n) is 19.2. The van der Waals surface area contributed by atoms with Crippen molar-refractivity contribution in [3.05, 3.63) is 84.1 Å². The quantitative estimate of drug-likeness (QED) is 0.393. The van der Waals surface area contributed by atoms with Crippen LogP contribution in [0.25, 0.3) is 17.2 Å². The standard InChI is InChI=1S/C24H21F3N6O3/c1-35-14-19-17(22(34)32-21(24(25,26)27)15-6-5-10-28-12-15)13-30-33(19)23-29-11-9-18(31-23)16-7-3-4-8-20(16)36-2/h3-13,21H,14H2,1-2H3,(H,32,34). The molecule has 3 heterocycles. The number of amides is 1. The molecule has 1 aromatic carbocycles. The molecule has 1 amide bonds. The number of nitrogens with zero attached hydrogens (tertiary/aromatic N) is 5. The maximum Gasteiger partial charge on any atom is 0.412 e. The summed E-state index contributed by atoms with van der Waals surface area (Å²) in [5, 5.41) is 6.21. The zero-order chi connectivity index (χ0) is 25.7. The Bertz CT molecular complexity index is 1340. The summed E-state index contributed by atoms with van der Waals surface area (Å²) in [6.45, 7) is -0.130. The normalized spacial score (nSPS) is 12.2. The highest BCUT2D eigenvalue weighted by Crippen LogP contribution is 2.33. The highest BCUT2D eigenvalue weighted by molar-refractivity contribution is 5.95. The van der Waals surface area contributed by atoms with E-state index in [1.165, 1.54) is 43.4 Å². The number of halogens is 3. The van der Waals surface area contributed by atoms with Gasteiger partial charge in [-0.1, -0.05) is 18.2 Å². The van der Waals surface area contributed by atoms with Gasteiger partial charge in [-0.2, -0.15) is 23.0 Å². The summed E-state index contributed by atoms with van der Waals surface area (Å²) in [5.74, 6) is -0.294. The minimum atomic E-state index is -4.75. The van der Waals surface area contributed by atoms with Crippen LogP contribution in [-0.4, -0.2) is 51.0 Å². The van der Waals surface area contributed by atoms with Crippen LogP contribution in [0.3, 0.4) is 0 Å². The molecule has 1 N–H and O–H groups in total. The molecule has 12 heteroatoms. The van der Waals surface area contributed by atoms with Crippen molar-refractivity contribution < 1.29 is 27.4 Å². The summed E-state index contributed by atoms with van der Waals surface area (Å²) in [6, 6.07) is 9.26. The molecule has 0 fully saturated rings. The van der Waals surface area contributed by atoms with Gasteiger partial charge in [-0.15, -0.1) is 0 Å². The second kappa shape index (κ2) is 10.5. The van der Waals surface area contributed by atoms with E-state index in [4.69, 9.17) is 9.47 Å². The van der Waals surface area contributed by atoms with E-state index in [2.05, 4.69) is 20.1 Å². The zero-order valence-corrected chi connectivity index (χ0v) is 19.2. The van der Waals surface area contributed by atoms with Crippen LogP contribution < -0.4 is 10.1 Å². The van der Waals surface area contributed by atoms with Gasteiger partial charge in [0.05, 0.1) is 36.9 Å². The molecule has 9 nitrogen and oxygen atoms in total. The van der Waals surface area contributed by atoms with Gasteiger partial charge in [0.1, 0.15) is 5.75 Å². The molecular weight excluding hydrogens is 477 g/mol. The maximum atomic E-state index is 13.7. The van der Waals surface area contributed by atoms with E-state index in [1.807, 2.05) is 23.5 Å². The molecule has 186 valence electrons. The van der Waals surface area contributed by atoms with Crippen LogP contribution in [0.5, 0.6) is 5.75 Å². The Kier molecular flexibility index (Phi) is 7.25. The van der Waals surface area contributed by atoms with E-state index in [1.54, 1.807) is 12.1 Å². The first kappa shape index (κ1) is 24.8. The molecule has 0 bridgehead atoms. The molecule has 0 aliphatic rings. The number of carbonyl (C=O) groups is 1. The molecule has 3 aromatic heterocycles. The van der Waals surface area contributed by atoms with Crippen LogP contribution in [0.4, 0.5) is 13.2 Å². The minimum Gasteiger partial charge on any atom is -0.496 e. The van der Waals surface area contributed by atoms with Crippen molar-refractivity contribution in [2.24, 2.45) is 0 Å². The molecule has 0 radical (unpaired) electrons. The number of pyridine rings is 1. The van der Waals surface area contributed by atoms with Crippen molar-refractivity contribution in [2.45, 2.75) is 18.8 Å². The largest absolute Gasteiger partial charge is 0.496 e. The highest BCUT2D eigenvalue weighted by Gasteiger charge is 2.42. The third-order valence-corrected chi connectivity index (χ3v) is 5.23. The number of methoxy groups -OCH3 is 2. The molecule has 36 heavy (non-hydrogen) atoms. The lowest BCUT2D eigenvalue weighted by molar-refractivity contribution is -0.155. The molecular formula is C24H21F3N6O3. The lowest BCUT2D eigenvalue weighted by Gasteiger charge is -2.21. The van der Waals surface area contributed by atoms with E-state index >= 15 is 0 Å². The molecule has 1 atom stereocenters. The number of aromatic nitrogens is 5. The highest BCUT2D eigenvalue weighted by atomic mass is 19.4. The molecule has 0 saturated carbocycles. The lowest BCUT2D eigenvalue weighted by Crippen LogP contribution is -2.38. The smallest absolute Gasteiger partial charge is 0.412 e. The monoisotopic (exact) mass is 498 g/mol. The second-order valence-electron chi connectivity index (χ2n) is 7.53. The Morgan fingerprint density at radius 2 is 1.89 bits per heavy atom. The Morgan fingerprint density at radius 3 is 2.58 bits per heavy atom. The summed E-state index contributed by atoms with van der Waals surface area (Å²) in [4.78, 5) is 25.5. The number of rotatable bonds is 8. The van der Waals surface area contributed by atoms with Gasteiger partial charge >= 0.3 is 6.18 Å². The first-order valence-corrected chi connectivity index (χ1v) is 10.6. The fourth-order valence-corrected chi connectivity index (χ4v) is 3.58. The average molecular weight is 498 g/mol. The fourth-order valence-electron chi connectivity index (χ4n) is 3.58. The number of ether oxygens (including phenoxy) is 2. The van der Waals surface area contributed by atoms with E-state index in [9.17, 15) is 18.0 Å². The summed E-state index contributed by atoms with van der Waals surface area (Å²) >= 11 is 0. The summed E-state index contributed by atoms with van der Waals surface area (Å²) in [7, 11) is 2.93. The minimum absolute atomic E-state index is 0.101. The number of hydrogen-bond acceptors (Lipinski definition) is 7. The lowest BCUT2D eigenvalue weighted by atomic mass is 10.1. The van der Waals surface area contributed by atoms with Gasteiger partial charge in [-0.05, 0) is 24.3 Å². The van der Waals surface area contributed by atoms with Crippen molar-refractivity contribution in [3.8, 4) is 23.0 Å². The van der Waals surface area contributed by atoms with Gasteiger partial charge in [0.15, 0.2) is 6.04 Å². The molecule has 0 aliphatic carbocycles. The molecule has 4 rings (SSSR count). The first-order valence-electron chi connectivity index (χ1n) is 10.6. The molecule has 0 aliphatic heterocycles. The van der Waals surface area contributed by atoms with Gasteiger partial charge < -0.3 is 14.8 Å². The van der Waals surface area contributed by atoms with Crippen LogP contribution in [0.15, 0.2) is 67.3 Å². The van der Waals surface area contributed by atoms with E-state index < -0.39 is 18.1 Å². The van der Waals surface area contributed by atoms with Gasteiger partial charge in [0.2, 0.25) is 0 Å². The van der Waals surface area contributed by atoms with Gasteiger partial charge in [0.25, 0.3) is 11.9 Å². The fraction of sp³-hybridized carbons (Fsp3) is 0.208. The SMILES string of the molecule is COCc1c(C(=O)NC(c2cccnc2)C(F)(F)F)cnn1-c1nccc(-c2ccccc2OC)n1. The van der Waals surface area contributed by atoms with Crippen molar-refractivity contribution in [3.63, 3.8) is 0 Å². The van der Waals surface area contributed by atoms with Crippen molar-refractivity contribution >= 4 is 5.91 Å². The molecule has 4 aromatic rings. The predicted octanol–water partition coefficient (Wildman–Crippen LogP) is 3.91. The third-order valence-electron chi connectivity index (χ3n) is 5.23. The molecule has 0 saturated heterocycles. The molecule has 0 spiro atoms. The van der Waals surface area contributed by atoms with Crippen LogP contribution in [0.1, 0.15) is 27.7 Å². The van der Waals surface area contributed by atoms with Gasteiger partial charge in [-0.25, -0.2) is 9.97 Å². The topological polar surface area (TPSA) is 104 Å². The first-order chi connectivity index (χ1) is 17.3. The van der Waals surface area contributed by atoms with E-state index in [0.29, 0.717) is 17.0 Å². The van der Waals surface area contributed by atoms with Gasteiger partial charge in [0, 0.05) is 36.8 Å². The Hall–Kier alpha value is -4.32. The maximum absolute atomic E-state index is 13.7. The average Bonchev–Trinajstić information content (AvgIpc) is 3.31. The van der Waals surface area contributed by atoms with E-state index in [0.717, 1.165) is 12.4 Å². The number of alkyl halides is 3. The van der Waals surface area contributed by atoms with Crippen LogP contribution in [-0.2, 0) is 11.3 Å². The number of carbonyl (C=O) groups excluding carboxylic acids is 1. The summed E-state index contributed by atoms with van der Waals surface area (Å²) < 4.78 is 53.1. The van der Waals surface area contributed by atoms with Crippen molar-refractivity contribution in [2.75, 3.05) is 14.2 Å². The number of benzene rings is 1. The van der Waals surface area contributed by atoms with Crippen LogP contribution >= 0.6 is 0 Å². The summed E-state index contributed by atoms with van der Waals surface area (Å²) in [6.07, 6.45) is 0.305. The number of nitrogens with one attached hydrogen (secondary N) is 1. The Labute approximate surface area is 203 Å². The third kappa shape index (κ3) is 5.18. The van der Waals surface area contributed by atoms with Crippen LogP contribution in [0.2, 0.25) is 0 Å².